The van der Waals surface area contributed by atoms with Crippen LogP contribution in [0.4, 0.5) is 0 Å². The number of hydrogen-bond acceptors (Lipinski definition) is 3. The van der Waals surface area contributed by atoms with Gasteiger partial charge in [0.1, 0.15) is 11.6 Å². The van der Waals surface area contributed by atoms with Crippen LogP contribution in [-0.4, -0.2) is 26.8 Å². The van der Waals surface area contributed by atoms with Gasteiger partial charge in [-0.15, -0.1) is 0 Å². The van der Waals surface area contributed by atoms with Crippen LogP contribution >= 0.6 is 0 Å². The number of nitrogens with one attached hydrogen (secondary N) is 1. The predicted octanol–water partition coefficient (Wildman–Crippen LogP) is 2.61. The van der Waals surface area contributed by atoms with Crippen molar-refractivity contribution in [3.63, 3.8) is 0 Å². The second-order valence-electron chi connectivity index (χ2n) is 6.87. The Kier molecular flexibility index (Phi) is 4.61. The largest absolute Gasteiger partial charge is 0.354 e. The highest BCUT2D eigenvalue weighted by Gasteiger charge is 2.22. The molecule has 0 bridgehead atoms. The molecule has 0 saturated heterocycles. The van der Waals surface area contributed by atoms with Gasteiger partial charge in [0, 0.05) is 24.4 Å². The summed E-state index contributed by atoms with van der Waals surface area (Å²) in [7, 11) is 1.62. The van der Waals surface area contributed by atoms with E-state index in [-0.39, 0.29) is 11.5 Å². The molecule has 132 valence electrons. The molecule has 1 aromatic carbocycles. The van der Waals surface area contributed by atoms with Crippen LogP contribution in [0.2, 0.25) is 0 Å². The van der Waals surface area contributed by atoms with Crippen molar-refractivity contribution < 1.29 is 4.79 Å². The van der Waals surface area contributed by atoms with Crippen molar-refractivity contribution in [3.05, 3.63) is 40.8 Å². The van der Waals surface area contributed by atoms with Crippen molar-refractivity contribution in [2.24, 2.45) is 13.0 Å². The summed E-state index contributed by atoms with van der Waals surface area (Å²) in [6.07, 6.45) is 2.62. The van der Waals surface area contributed by atoms with Crippen molar-refractivity contribution in [3.8, 4) is 0 Å². The zero-order valence-electron chi connectivity index (χ0n) is 15.1. The highest BCUT2D eigenvalue weighted by molar-refractivity contribution is 6.08. The number of aromatic nitrogens is 3. The lowest BCUT2D eigenvalue weighted by Crippen LogP contribution is -2.33. The summed E-state index contributed by atoms with van der Waals surface area (Å²) in [5.41, 5.74) is 1.19. The van der Waals surface area contributed by atoms with Crippen LogP contribution in [0.1, 0.15) is 33.2 Å². The topological polar surface area (TPSA) is 68.9 Å². The first-order chi connectivity index (χ1) is 11.9. The summed E-state index contributed by atoms with van der Waals surface area (Å²) in [6.45, 7) is 6.71. The van der Waals surface area contributed by atoms with E-state index in [4.69, 9.17) is 0 Å². The van der Waals surface area contributed by atoms with Gasteiger partial charge in [0.2, 0.25) is 5.91 Å². The van der Waals surface area contributed by atoms with Crippen molar-refractivity contribution in [2.75, 3.05) is 6.54 Å². The molecular weight excluding hydrogens is 316 g/mol. The molecule has 6 nitrogen and oxygen atoms in total. The minimum atomic E-state index is -0.482. The summed E-state index contributed by atoms with van der Waals surface area (Å²) in [6, 6.07) is 7.26. The monoisotopic (exact) mass is 340 g/mol. The van der Waals surface area contributed by atoms with Gasteiger partial charge in [0.15, 0.2) is 0 Å². The van der Waals surface area contributed by atoms with Crippen molar-refractivity contribution >= 4 is 27.7 Å². The molecule has 1 N–H and O–H groups in total. The first-order valence-corrected chi connectivity index (χ1v) is 8.64. The molecule has 2 aromatic heterocycles. The Balaban J connectivity index is 2.12. The van der Waals surface area contributed by atoms with E-state index in [1.165, 1.54) is 4.68 Å². The number of carbonyl (C=O) groups excluding carboxylic acids is 1. The maximum absolute atomic E-state index is 12.7. The van der Waals surface area contributed by atoms with E-state index < -0.39 is 6.04 Å². The Morgan fingerprint density at radius 3 is 2.64 bits per heavy atom. The number of hydrogen-bond donors (Lipinski definition) is 1. The number of aryl methyl sites for hydroxylation is 1. The third-order valence-corrected chi connectivity index (χ3v) is 4.59. The van der Waals surface area contributed by atoms with Crippen molar-refractivity contribution in [1.29, 1.82) is 0 Å². The summed E-state index contributed by atoms with van der Waals surface area (Å²) in [4.78, 5) is 25.3. The van der Waals surface area contributed by atoms with Gasteiger partial charge in [-0.1, -0.05) is 32.0 Å². The third kappa shape index (κ3) is 3.04. The maximum Gasteiger partial charge on any atom is 0.291 e. The third-order valence-electron chi connectivity index (χ3n) is 4.59. The highest BCUT2D eigenvalue weighted by Crippen LogP contribution is 2.29. The van der Waals surface area contributed by atoms with E-state index in [0.29, 0.717) is 18.0 Å². The lowest BCUT2D eigenvalue weighted by Gasteiger charge is -2.17. The van der Waals surface area contributed by atoms with E-state index in [1.54, 1.807) is 13.2 Å². The van der Waals surface area contributed by atoms with E-state index >= 15 is 0 Å². The van der Waals surface area contributed by atoms with Gasteiger partial charge in [-0.05, 0) is 25.3 Å². The van der Waals surface area contributed by atoms with Crippen LogP contribution < -0.4 is 10.9 Å². The molecule has 25 heavy (non-hydrogen) atoms. The minimum Gasteiger partial charge on any atom is -0.354 e. The Morgan fingerprint density at radius 2 is 1.92 bits per heavy atom. The van der Waals surface area contributed by atoms with Crippen LogP contribution in [0.3, 0.4) is 0 Å². The molecule has 0 unspecified atom stereocenters. The molecule has 1 atom stereocenters. The first-order valence-electron chi connectivity index (χ1n) is 8.64. The molecule has 0 spiro atoms. The number of benzene rings is 1. The molecule has 0 aliphatic heterocycles. The second-order valence-corrected chi connectivity index (χ2v) is 6.87. The summed E-state index contributed by atoms with van der Waals surface area (Å²) < 4.78 is 3.14. The molecule has 0 radical (unpaired) electrons. The molecule has 0 aliphatic rings. The number of nitrogens with zero attached hydrogens (tertiary/aromatic N) is 3. The van der Waals surface area contributed by atoms with Crippen LogP contribution in [0.15, 0.2) is 35.3 Å². The normalized spacial score (nSPS) is 12.8. The average Bonchev–Trinajstić information content (AvgIpc) is 2.92. The lowest BCUT2D eigenvalue weighted by molar-refractivity contribution is -0.123. The first kappa shape index (κ1) is 17.2. The molecule has 2 heterocycles. The molecule has 0 aliphatic carbocycles. The molecule has 0 saturated carbocycles. The lowest BCUT2D eigenvalue weighted by atomic mass is 10.1. The standard InChI is InChI=1S/C19H24N4O2/c1-12(2)9-10-20-18(24)13(3)23-16-8-6-5-7-14(16)15-11-21-22(4)19(25)17(15)23/h5-8,11-13H,9-10H2,1-4H3,(H,20,24)/t13-/m0/s1. The van der Waals surface area contributed by atoms with Gasteiger partial charge in [-0.3, -0.25) is 9.59 Å². The maximum atomic E-state index is 12.7. The van der Waals surface area contributed by atoms with Gasteiger partial charge >= 0.3 is 0 Å². The molecule has 3 rings (SSSR count). The van der Waals surface area contributed by atoms with Crippen molar-refractivity contribution in [2.45, 2.75) is 33.2 Å². The number of rotatable bonds is 5. The van der Waals surface area contributed by atoms with Crippen LogP contribution in [0.25, 0.3) is 21.8 Å². The second kappa shape index (κ2) is 6.70. The Hall–Kier alpha value is -2.63. The van der Waals surface area contributed by atoms with Gasteiger partial charge in [0.25, 0.3) is 5.56 Å². The number of amides is 1. The zero-order valence-corrected chi connectivity index (χ0v) is 15.1. The van der Waals surface area contributed by atoms with E-state index in [1.807, 2.05) is 35.8 Å². The summed E-state index contributed by atoms with van der Waals surface area (Å²) >= 11 is 0. The Bertz CT molecular complexity index is 984. The highest BCUT2D eigenvalue weighted by atomic mass is 16.2. The van der Waals surface area contributed by atoms with Crippen molar-refractivity contribution in [1.82, 2.24) is 19.7 Å². The fraction of sp³-hybridized carbons (Fsp3) is 0.421. The fourth-order valence-electron chi connectivity index (χ4n) is 3.14. The van der Waals surface area contributed by atoms with Crippen LogP contribution in [0.5, 0.6) is 0 Å². The summed E-state index contributed by atoms with van der Waals surface area (Å²) in [5, 5.41) is 8.83. The van der Waals surface area contributed by atoms with Crippen LogP contribution in [-0.2, 0) is 11.8 Å². The quantitative estimate of drug-likeness (QED) is 0.776. The van der Waals surface area contributed by atoms with Crippen LogP contribution in [0, 0.1) is 5.92 Å². The smallest absolute Gasteiger partial charge is 0.291 e. The SMILES string of the molecule is CC(C)CCNC(=O)[C@H](C)n1c2ccccc2c2cnn(C)c(=O)c21. The number of para-hydroxylation sites is 1. The fourth-order valence-corrected chi connectivity index (χ4v) is 3.14. The number of fused-ring (bicyclic) bond motifs is 3. The van der Waals surface area contributed by atoms with E-state index in [2.05, 4.69) is 24.3 Å². The summed E-state index contributed by atoms with van der Waals surface area (Å²) in [5.74, 6) is 0.449. The molecule has 6 heteroatoms. The predicted molar refractivity (Wildman–Crippen MR) is 99.7 cm³/mol. The minimum absolute atomic E-state index is 0.0813. The molecule has 0 fully saturated rings. The van der Waals surface area contributed by atoms with Gasteiger partial charge in [0.05, 0.1) is 11.7 Å². The van der Waals surface area contributed by atoms with Gasteiger partial charge in [-0.25, -0.2) is 4.68 Å². The Labute approximate surface area is 146 Å². The van der Waals surface area contributed by atoms with E-state index in [0.717, 1.165) is 22.7 Å². The molecular formula is C19H24N4O2. The van der Waals surface area contributed by atoms with Gasteiger partial charge in [-0.2, -0.15) is 5.10 Å². The Morgan fingerprint density at radius 1 is 1.20 bits per heavy atom. The zero-order chi connectivity index (χ0) is 18.1. The van der Waals surface area contributed by atoms with Gasteiger partial charge < -0.3 is 9.88 Å². The average molecular weight is 340 g/mol. The van der Waals surface area contributed by atoms with E-state index in [9.17, 15) is 9.59 Å². The number of carbonyl (C=O) groups is 1. The molecule has 1 amide bonds. The molecule has 3 aromatic rings.